The summed E-state index contributed by atoms with van der Waals surface area (Å²) in [7, 11) is 0. The first-order valence-corrected chi connectivity index (χ1v) is 7.97. The van der Waals surface area contributed by atoms with Crippen LogP contribution < -0.4 is 5.32 Å². The standard InChI is InChI=1S/C17H22ClNO4/c1-5-23-13-9-17(15(21)22,16(13,3)4)19-14(20)12-7-6-11(18)8-10(12)2/h6-8,13H,5,9H2,1-4H3,(H,19,20)(H,21,22). The van der Waals surface area contributed by atoms with Crippen LogP contribution in [0.2, 0.25) is 5.02 Å². The smallest absolute Gasteiger partial charge is 0.330 e. The Bertz CT molecular complexity index is 643. The molecule has 1 saturated carbocycles. The largest absolute Gasteiger partial charge is 0.479 e. The third kappa shape index (κ3) is 2.83. The molecule has 1 aromatic carbocycles. The normalized spacial score (nSPS) is 25.5. The molecule has 0 bridgehead atoms. The Morgan fingerprint density at radius 2 is 2.09 bits per heavy atom. The molecule has 2 unspecified atom stereocenters. The molecule has 0 aromatic heterocycles. The van der Waals surface area contributed by atoms with Gasteiger partial charge in [-0.2, -0.15) is 0 Å². The molecule has 1 aliphatic rings. The van der Waals surface area contributed by atoms with Crippen molar-refractivity contribution in [3.05, 3.63) is 34.3 Å². The summed E-state index contributed by atoms with van der Waals surface area (Å²) in [6.07, 6.45) is 0.0527. The van der Waals surface area contributed by atoms with E-state index in [1.54, 1.807) is 39.0 Å². The molecule has 0 heterocycles. The third-order valence-electron chi connectivity index (χ3n) is 4.89. The summed E-state index contributed by atoms with van der Waals surface area (Å²) in [6, 6.07) is 4.90. The zero-order valence-electron chi connectivity index (χ0n) is 13.8. The van der Waals surface area contributed by atoms with E-state index < -0.39 is 22.8 Å². The molecule has 5 nitrogen and oxygen atoms in total. The summed E-state index contributed by atoms with van der Waals surface area (Å²) in [5.74, 6) is -1.46. The summed E-state index contributed by atoms with van der Waals surface area (Å²) < 4.78 is 5.59. The molecule has 23 heavy (non-hydrogen) atoms. The number of hydrogen-bond acceptors (Lipinski definition) is 3. The number of aliphatic carboxylic acids is 1. The van der Waals surface area contributed by atoms with Crippen molar-refractivity contribution < 1.29 is 19.4 Å². The summed E-state index contributed by atoms with van der Waals surface area (Å²) in [5.41, 5.74) is -0.916. The maximum absolute atomic E-state index is 12.6. The predicted octanol–water partition coefficient (Wildman–Crippen LogP) is 3.04. The van der Waals surface area contributed by atoms with Crippen molar-refractivity contribution in [2.45, 2.75) is 45.8 Å². The second-order valence-electron chi connectivity index (χ2n) is 6.49. The van der Waals surface area contributed by atoms with Gasteiger partial charge in [-0.05, 0) is 37.6 Å². The van der Waals surface area contributed by atoms with Crippen LogP contribution >= 0.6 is 11.6 Å². The number of carboxylic acids is 1. The zero-order valence-corrected chi connectivity index (χ0v) is 14.5. The summed E-state index contributed by atoms with van der Waals surface area (Å²) in [5, 5.41) is 13.0. The van der Waals surface area contributed by atoms with Gasteiger partial charge >= 0.3 is 5.97 Å². The maximum Gasteiger partial charge on any atom is 0.330 e. The van der Waals surface area contributed by atoms with Crippen LogP contribution in [0.3, 0.4) is 0 Å². The highest BCUT2D eigenvalue weighted by Crippen LogP contribution is 2.51. The number of halogens is 1. The van der Waals surface area contributed by atoms with Crippen LogP contribution in [0.1, 0.15) is 43.1 Å². The van der Waals surface area contributed by atoms with Gasteiger partial charge in [-0.1, -0.05) is 25.4 Å². The van der Waals surface area contributed by atoms with Crippen LogP contribution in [-0.2, 0) is 9.53 Å². The maximum atomic E-state index is 12.6. The molecule has 2 atom stereocenters. The number of carbonyl (C=O) groups excluding carboxylic acids is 1. The lowest BCUT2D eigenvalue weighted by molar-refractivity contribution is -0.190. The quantitative estimate of drug-likeness (QED) is 0.864. The van der Waals surface area contributed by atoms with Gasteiger partial charge in [0.1, 0.15) is 5.54 Å². The SMILES string of the molecule is CCOC1CC(NC(=O)c2ccc(Cl)cc2C)(C(=O)O)C1(C)C. The highest BCUT2D eigenvalue weighted by molar-refractivity contribution is 6.30. The number of hydrogen-bond donors (Lipinski definition) is 2. The van der Waals surface area contributed by atoms with Crippen molar-refractivity contribution in [3.63, 3.8) is 0 Å². The second kappa shape index (κ2) is 6.13. The van der Waals surface area contributed by atoms with Gasteiger partial charge in [0, 0.05) is 29.0 Å². The van der Waals surface area contributed by atoms with Gasteiger partial charge in [-0.25, -0.2) is 4.79 Å². The molecule has 2 rings (SSSR count). The van der Waals surface area contributed by atoms with Crippen molar-refractivity contribution in [2.75, 3.05) is 6.61 Å². The number of carboxylic acid groups (broad SMARTS) is 1. The highest BCUT2D eigenvalue weighted by atomic mass is 35.5. The van der Waals surface area contributed by atoms with E-state index in [1.807, 2.05) is 6.92 Å². The van der Waals surface area contributed by atoms with Crippen LogP contribution in [-0.4, -0.2) is 35.2 Å². The Kier molecular flexibility index (Phi) is 4.74. The average Bonchev–Trinajstić information content (AvgIpc) is 2.45. The first-order chi connectivity index (χ1) is 10.7. The number of nitrogens with one attached hydrogen (secondary N) is 1. The third-order valence-corrected chi connectivity index (χ3v) is 5.12. The molecule has 0 aliphatic heterocycles. The van der Waals surface area contributed by atoms with Crippen molar-refractivity contribution in [1.82, 2.24) is 5.32 Å². The molecule has 0 spiro atoms. The van der Waals surface area contributed by atoms with Gasteiger partial charge in [0.25, 0.3) is 5.91 Å². The Hall–Kier alpha value is -1.59. The van der Waals surface area contributed by atoms with Gasteiger partial charge in [0.05, 0.1) is 6.10 Å². The Labute approximate surface area is 141 Å². The molecule has 0 saturated heterocycles. The van der Waals surface area contributed by atoms with Crippen LogP contribution in [0, 0.1) is 12.3 Å². The lowest BCUT2D eigenvalue weighted by Gasteiger charge is -2.58. The van der Waals surface area contributed by atoms with Gasteiger partial charge < -0.3 is 15.2 Å². The van der Waals surface area contributed by atoms with Gasteiger partial charge in [0.2, 0.25) is 0 Å². The number of aryl methyl sites for hydroxylation is 1. The molecular weight excluding hydrogens is 318 g/mol. The molecule has 1 aromatic rings. The Morgan fingerprint density at radius 3 is 2.57 bits per heavy atom. The number of carbonyl (C=O) groups is 2. The lowest BCUT2D eigenvalue weighted by Crippen LogP contribution is -2.76. The van der Waals surface area contributed by atoms with E-state index in [0.717, 1.165) is 0 Å². The fourth-order valence-corrected chi connectivity index (χ4v) is 3.41. The fraction of sp³-hybridized carbons (Fsp3) is 0.529. The van der Waals surface area contributed by atoms with Crippen molar-refractivity contribution in [1.29, 1.82) is 0 Å². The van der Waals surface area contributed by atoms with E-state index in [0.29, 0.717) is 22.8 Å². The van der Waals surface area contributed by atoms with Crippen molar-refractivity contribution in [3.8, 4) is 0 Å². The molecule has 126 valence electrons. The van der Waals surface area contributed by atoms with Gasteiger partial charge in [0.15, 0.2) is 0 Å². The van der Waals surface area contributed by atoms with E-state index in [2.05, 4.69) is 5.32 Å². The summed E-state index contributed by atoms with van der Waals surface area (Å²) in [4.78, 5) is 24.5. The molecule has 1 fully saturated rings. The number of ether oxygens (including phenoxy) is 1. The minimum absolute atomic E-state index is 0.199. The number of amides is 1. The minimum Gasteiger partial charge on any atom is -0.479 e. The van der Waals surface area contributed by atoms with E-state index in [4.69, 9.17) is 16.3 Å². The Morgan fingerprint density at radius 1 is 1.43 bits per heavy atom. The highest BCUT2D eigenvalue weighted by Gasteiger charge is 2.66. The fourth-order valence-electron chi connectivity index (χ4n) is 3.18. The molecular formula is C17H22ClNO4. The first kappa shape index (κ1) is 17.8. The molecule has 1 aliphatic carbocycles. The molecule has 2 N–H and O–H groups in total. The molecule has 0 radical (unpaired) electrons. The van der Waals surface area contributed by atoms with E-state index >= 15 is 0 Å². The second-order valence-corrected chi connectivity index (χ2v) is 6.93. The monoisotopic (exact) mass is 339 g/mol. The Balaban J connectivity index is 2.28. The van der Waals surface area contributed by atoms with Crippen LogP contribution in [0.25, 0.3) is 0 Å². The first-order valence-electron chi connectivity index (χ1n) is 7.59. The molecule has 1 amide bonds. The number of rotatable bonds is 5. The van der Waals surface area contributed by atoms with Crippen molar-refractivity contribution in [2.24, 2.45) is 5.41 Å². The van der Waals surface area contributed by atoms with Crippen LogP contribution in [0.5, 0.6) is 0 Å². The van der Waals surface area contributed by atoms with E-state index in [1.165, 1.54) is 0 Å². The predicted molar refractivity (Wildman–Crippen MR) is 87.8 cm³/mol. The van der Waals surface area contributed by atoms with Crippen LogP contribution in [0.4, 0.5) is 0 Å². The average molecular weight is 340 g/mol. The minimum atomic E-state index is -1.34. The zero-order chi connectivity index (χ0) is 17.4. The van der Waals surface area contributed by atoms with Crippen LogP contribution in [0.15, 0.2) is 18.2 Å². The van der Waals surface area contributed by atoms with E-state index in [9.17, 15) is 14.7 Å². The van der Waals surface area contributed by atoms with Gasteiger partial charge in [-0.3, -0.25) is 4.79 Å². The number of benzene rings is 1. The van der Waals surface area contributed by atoms with E-state index in [-0.39, 0.29) is 12.5 Å². The lowest BCUT2D eigenvalue weighted by atomic mass is 9.54. The topological polar surface area (TPSA) is 75.6 Å². The summed E-state index contributed by atoms with van der Waals surface area (Å²) >= 11 is 5.90. The summed E-state index contributed by atoms with van der Waals surface area (Å²) in [6.45, 7) is 7.75. The van der Waals surface area contributed by atoms with Gasteiger partial charge in [-0.15, -0.1) is 0 Å². The molecule has 6 heteroatoms. The van der Waals surface area contributed by atoms with Crippen molar-refractivity contribution >= 4 is 23.5 Å².